The van der Waals surface area contributed by atoms with Crippen molar-refractivity contribution >= 4 is 11.7 Å². The standard InChI is InChI=1S/C19H27N3O2/c1-5-12-22-17(13-14(2)21-22)20-18(23)16-8-6-15(7-9-16)10-11-19(3,4)24/h6-9,13,24H,5,10-12H2,1-4H3,(H,20,23). The van der Waals surface area contributed by atoms with E-state index in [-0.39, 0.29) is 5.91 Å². The zero-order valence-electron chi connectivity index (χ0n) is 15.0. The average molecular weight is 329 g/mol. The van der Waals surface area contributed by atoms with Gasteiger partial charge in [0.1, 0.15) is 5.82 Å². The highest BCUT2D eigenvalue weighted by atomic mass is 16.3. The van der Waals surface area contributed by atoms with Gasteiger partial charge in [-0.15, -0.1) is 0 Å². The lowest BCUT2D eigenvalue weighted by atomic mass is 9.98. The number of nitrogens with one attached hydrogen (secondary N) is 1. The van der Waals surface area contributed by atoms with Gasteiger partial charge in [-0.2, -0.15) is 5.10 Å². The molecule has 0 atom stereocenters. The summed E-state index contributed by atoms with van der Waals surface area (Å²) in [4.78, 5) is 12.4. The Morgan fingerprint density at radius 3 is 2.54 bits per heavy atom. The van der Waals surface area contributed by atoms with Crippen molar-refractivity contribution in [3.05, 3.63) is 47.2 Å². The third kappa shape index (κ3) is 5.20. The van der Waals surface area contributed by atoms with Crippen molar-refractivity contribution in [3.63, 3.8) is 0 Å². The normalized spacial score (nSPS) is 11.5. The summed E-state index contributed by atoms with van der Waals surface area (Å²) < 4.78 is 1.82. The Kier molecular flexibility index (Phi) is 5.78. The van der Waals surface area contributed by atoms with Gasteiger partial charge in [-0.25, -0.2) is 4.68 Å². The van der Waals surface area contributed by atoms with Gasteiger partial charge in [0.2, 0.25) is 0 Å². The van der Waals surface area contributed by atoms with Gasteiger partial charge in [-0.3, -0.25) is 4.79 Å². The molecule has 1 aromatic heterocycles. The molecule has 0 saturated heterocycles. The van der Waals surface area contributed by atoms with Gasteiger partial charge in [0.25, 0.3) is 5.91 Å². The number of anilines is 1. The van der Waals surface area contributed by atoms with Crippen LogP contribution in [0.3, 0.4) is 0 Å². The second-order valence-electron chi connectivity index (χ2n) is 6.86. The highest BCUT2D eigenvalue weighted by Crippen LogP contribution is 2.16. The Morgan fingerprint density at radius 2 is 1.96 bits per heavy atom. The quantitative estimate of drug-likeness (QED) is 0.816. The van der Waals surface area contributed by atoms with E-state index in [9.17, 15) is 9.90 Å². The maximum absolute atomic E-state index is 12.4. The van der Waals surface area contributed by atoms with Gasteiger partial charge in [0, 0.05) is 18.2 Å². The number of aromatic nitrogens is 2. The average Bonchev–Trinajstić information content (AvgIpc) is 2.85. The van der Waals surface area contributed by atoms with Crippen LogP contribution in [0.5, 0.6) is 0 Å². The Bertz CT molecular complexity index is 682. The topological polar surface area (TPSA) is 67.2 Å². The first-order chi connectivity index (χ1) is 11.3. The molecule has 1 amide bonds. The molecule has 0 aliphatic rings. The van der Waals surface area contributed by atoms with Crippen LogP contribution in [0.4, 0.5) is 5.82 Å². The number of benzene rings is 1. The fourth-order valence-corrected chi connectivity index (χ4v) is 2.49. The summed E-state index contributed by atoms with van der Waals surface area (Å²) in [6, 6.07) is 9.40. The molecule has 2 aromatic rings. The van der Waals surface area contributed by atoms with Gasteiger partial charge in [-0.1, -0.05) is 19.1 Å². The Hall–Kier alpha value is -2.14. The number of nitrogens with zero attached hydrogens (tertiary/aromatic N) is 2. The summed E-state index contributed by atoms with van der Waals surface area (Å²) in [5, 5.41) is 17.1. The van der Waals surface area contributed by atoms with Gasteiger partial charge < -0.3 is 10.4 Å². The van der Waals surface area contributed by atoms with Crippen LogP contribution in [0, 0.1) is 6.92 Å². The number of aliphatic hydroxyl groups is 1. The number of carbonyl (C=O) groups excluding carboxylic acids is 1. The van der Waals surface area contributed by atoms with Gasteiger partial charge >= 0.3 is 0 Å². The van der Waals surface area contributed by atoms with Crippen LogP contribution < -0.4 is 5.32 Å². The zero-order valence-corrected chi connectivity index (χ0v) is 15.0. The first kappa shape index (κ1) is 18.2. The molecular formula is C19H27N3O2. The van der Waals surface area contributed by atoms with Crippen molar-refractivity contribution in [3.8, 4) is 0 Å². The summed E-state index contributed by atoms with van der Waals surface area (Å²) in [6.45, 7) is 8.38. The van der Waals surface area contributed by atoms with Crippen molar-refractivity contribution in [1.29, 1.82) is 0 Å². The molecule has 0 unspecified atom stereocenters. The van der Waals surface area contributed by atoms with E-state index in [1.54, 1.807) is 13.8 Å². The second kappa shape index (κ2) is 7.62. The molecular weight excluding hydrogens is 302 g/mol. The minimum atomic E-state index is -0.675. The number of rotatable bonds is 7. The van der Waals surface area contributed by atoms with Crippen LogP contribution in [-0.2, 0) is 13.0 Å². The van der Waals surface area contributed by atoms with Gasteiger partial charge in [-0.05, 0) is 57.7 Å². The predicted molar refractivity (Wildman–Crippen MR) is 96.3 cm³/mol. The van der Waals surface area contributed by atoms with Crippen molar-refractivity contribution in [2.45, 2.75) is 59.1 Å². The maximum atomic E-state index is 12.4. The van der Waals surface area contributed by atoms with Crippen molar-refractivity contribution in [1.82, 2.24) is 9.78 Å². The first-order valence-electron chi connectivity index (χ1n) is 8.45. The summed E-state index contributed by atoms with van der Waals surface area (Å²) in [5.41, 5.74) is 1.94. The second-order valence-corrected chi connectivity index (χ2v) is 6.86. The largest absolute Gasteiger partial charge is 0.390 e. The molecule has 0 aliphatic heterocycles. The Morgan fingerprint density at radius 1 is 1.29 bits per heavy atom. The minimum Gasteiger partial charge on any atom is -0.390 e. The van der Waals surface area contributed by atoms with E-state index >= 15 is 0 Å². The van der Waals surface area contributed by atoms with E-state index in [4.69, 9.17) is 0 Å². The monoisotopic (exact) mass is 329 g/mol. The smallest absolute Gasteiger partial charge is 0.256 e. The third-order valence-corrected chi connectivity index (χ3v) is 3.82. The number of hydrogen-bond acceptors (Lipinski definition) is 3. The molecule has 5 nitrogen and oxygen atoms in total. The summed E-state index contributed by atoms with van der Waals surface area (Å²) in [6.07, 6.45) is 2.43. The van der Waals surface area contributed by atoms with E-state index in [1.165, 1.54) is 0 Å². The van der Waals surface area contributed by atoms with Gasteiger partial charge in [0.05, 0.1) is 11.3 Å². The Labute approximate surface area is 143 Å². The van der Waals surface area contributed by atoms with Gasteiger partial charge in [0.15, 0.2) is 0 Å². The molecule has 1 heterocycles. The van der Waals surface area contributed by atoms with Crippen LogP contribution in [0.15, 0.2) is 30.3 Å². The van der Waals surface area contributed by atoms with Crippen molar-refractivity contribution < 1.29 is 9.90 Å². The highest BCUT2D eigenvalue weighted by molar-refractivity contribution is 6.03. The molecule has 2 rings (SSSR count). The fraction of sp³-hybridized carbons (Fsp3) is 0.474. The molecule has 0 fully saturated rings. The first-order valence-corrected chi connectivity index (χ1v) is 8.45. The third-order valence-electron chi connectivity index (χ3n) is 3.82. The molecule has 0 aliphatic carbocycles. The molecule has 130 valence electrons. The highest BCUT2D eigenvalue weighted by Gasteiger charge is 2.13. The lowest BCUT2D eigenvalue weighted by Gasteiger charge is -2.16. The van der Waals surface area contributed by atoms with Crippen molar-refractivity contribution in [2.75, 3.05) is 5.32 Å². The molecule has 0 spiro atoms. The summed E-state index contributed by atoms with van der Waals surface area (Å²) >= 11 is 0. The van der Waals surface area contributed by atoms with Crippen LogP contribution in [0.1, 0.15) is 55.2 Å². The van der Waals surface area contributed by atoms with Crippen LogP contribution in [0.25, 0.3) is 0 Å². The maximum Gasteiger partial charge on any atom is 0.256 e. The van der Waals surface area contributed by atoms with Crippen molar-refractivity contribution in [2.24, 2.45) is 0 Å². The van der Waals surface area contributed by atoms with Crippen LogP contribution in [0.2, 0.25) is 0 Å². The minimum absolute atomic E-state index is 0.138. The molecule has 2 N–H and O–H groups in total. The number of carbonyl (C=O) groups is 1. The van der Waals surface area contributed by atoms with E-state index in [2.05, 4.69) is 17.3 Å². The zero-order chi connectivity index (χ0) is 17.7. The SMILES string of the molecule is CCCn1nc(C)cc1NC(=O)c1ccc(CCC(C)(C)O)cc1. The predicted octanol–water partition coefficient (Wildman–Crippen LogP) is 3.56. The molecule has 0 saturated carbocycles. The van der Waals surface area contributed by atoms with E-state index in [0.717, 1.165) is 36.5 Å². The van der Waals surface area contributed by atoms with Crippen LogP contribution >= 0.6 is 0 Å². The van der Waals surface area contributed by atoms with Crippen LogP contribution in [-0.4, -0.2) is 26.4 Å². The fourth-order valence-electron chi connectivity index (χ4n) is 2.49. The number of aryl methyl sites for hydroxylation is 3. The Balaban J connectivity index is 2.02. The lowest BCUT2D eigenvalue weighted by molar-refractivity contribution is 0.0714. The molecule has 0 bridgehead atoms. The molecule has 24 heavy (non-hydrogen) atoms. The summed E-state index contributed by atoms with van der Waals surface area (Å²) in [5.74, 6) is 0.590. The molecule has 1 aromatic carbocycles. The molecule has 0 radical (unpaired) electrons. The summed E-state index contributed by atoms with van der Waals surface area (Å²) in [7, 11) is 0. The van der Waals surface area contributed by atoms with E-state index in [1.807, 2.05) is 41.9 Å². The van der Waals surface area contributed by atoms with E-state index in [0.29, 0.717) is 12.0 Å². The number of amides is 1. The van der Waals surface area contributed by atoms with E-state index < -0.39 is 5.60 Å². The number of hydrogen-bond donors (Lipinski definition) is 2. The lowest BCUT2D eigenvalue weighted by Crippen LogP contribution is -2.19. The molecule has 5 heteroatoms.